The van der Waals surface area contributed by atoms with Crippen LogP contribution in [0.4, 0.5) is 18.9 Å². The van der Waals surface area contributed by atoms with E-state index in [0.717, 1.165) is 24.4 Å². The van der Waals surface area contributed by atoms with Gasteiger partial charge in [-0.3, -0.25) is 10.1 Å². The van der Waals surface area contributed by atoms with Crippen molar-refractivity contribution in [3.8, 4) is 34.0 Å². The summed E-state index contributed by atoms with van der Waals surface area (Å²) in [6.07, 6.45) is -3.33. The lowest BCUT2D eigenvalue weighted by Gasteiger charge is -2.11. The van der Waals surface area contributed by atoms with E-state index in [2.05, 4.69) is 0 Å². The van der Waals surface area contributed by atoms with Gasteiger partial charge in [0, 0.05) is 24.4 Å². The first-order chi connectivity index (χ1) is 13.0. The van der Waals surface area contributed by atoms with Gasteiger partial charge in [0.05, 0.1) is 16.2 Å². The van der Waals surface area contributed by atoms with Gasteiger partial charge in [-0.2, -0.15) is 17.9 Å². The van der Waals surface area contributed by atoms with Crippen LogP contribution in [-0.2, 0) is 13.2 Å². The van der Waals surface area contributed by atoms with E-state index in [1.165, 1.54) is 23.7 Å². The van der Waals surface area contributed by atoms with E-state index in [0.29, 0.717) is 11.9 Å². The van der Waals surface area contributed by atoms with Crippen molar-refractivity contribution in [1.82, 2.24) is 4.57 Å². The number of pyridine rings is 1. The average Bonchev–Trinajstić information content (AvgIpc) is 2.97. The van der Waals surface area contributed by atoms with Gasteiger partial charge in [-0.25, -0.2) is 0 Å². The van der Waals surface area contributed by atoms with Crippen LogP contribution < -0.4 is 4.73 Å². The third-order valence-electron chi connectivity index (χ3n) is 4.15. The first-order valence-corrected chi connectivity index (χ1v) is 7.67. The second-order valence-corrected chi connectivity index (χ2v) is 5.95. The van der Waals surface area contributed by atoms with Gasteiger partial charge in [0.2, 0.25) is 5.75 Å². The van der Waals surface area contributed by atoms with Crippen molar-refractivity contribution in [3.05, 3.63) is 63.6 Å². The summed E-state index contributed by atoms with van der Waals surface area (Å²) in [5.74, 6) is -1.61. The van der Waals surface area contributed by atoms with Crippen molar-refractivity contribution in [1.29, 1.82) is 0 Å². The van der Waals surface area contributed by atoms with Crippen LogP contribution in [0.5, 0.6) is 11.5 Å². The molecule has 0 unspecified atom stereocenters. The van der Waals surface area contributed by atoms with Gasteiger partial charge in [-0.1, -0.05) is 0 Å². The zero-order chi connectivity index (χ0) is 20.8. The van der Waals surface area contributed by atoms with E-state index in [1.807, 2.05) is 0 Å². The fourth-order valence-electron chi connectivity index (χ4n) is 2.83. The highest BCUT2D eigenvalue weighted by Gasteiger charge is 2.34. The van der Waals surface area contributed by atoms with E-state index in [4.69, 9.17) is 0 Å². The molecule has 0 aliphatic rings. The molecule has 3 aromatic rings. The Kier molecular flexibility index (Phi) is 4.37. The van der Waals surface area contributed by atoms with E-state index in [1.54, 1.807) is 0 Å². The molecule has 0 atom stereocenters. The smallest absolute Gasteiger partial charge is 0.422 e. The quantitative estimate of drug-likeness (QED) is 0.232. The van der Waals surface area contributed by atoms with Crippen LogP contribution in [0.25, 0.3) is 22.5 Å². The summed E-state index contributed by atoms with van der Waals surface area (Å²) in [5, 5.41) is 41.9. The van der Waals surface area contributed by atoms with Crippen LogP contribution >= 0.6 is 0 Å². The van der Waals surface area contributed by atoms with Crippen molar-refractivity contribution in [2.75, 3.05) is 0 Å². The normalized spacial score (nSPS) is 11.6. The average molecular weight is 395 g/mol. The molecule has 0 saturated heterocycles. The number of benzene rings is 1. The molecule has 0 aliphatic heterocycles. The molecule has 8 nitrogen and oxygen atoms in total. The third-order valence-corrected chi connectivity index (χ3v) is 4.15. The highest BCUT2D eigenvalue weighted by molar-refractivity contribution is 5.74. The predicted molar refractivity (Wildman–Crippen MR) is 90.2 cm³/mol. The maximum absolute atomic E-state index is 13.0. The van der Waals surface area contributed by atoms with Crippen molar-refractivity contribution < 1.29 is 33.0 Å². The van der Waals surface area contributed by atoms with Gasteiger partial charge in [0.1, 0.15) is 5.56 Å². The fraction of sp³-hybridized carbons (Fsp3) is 0.118. The molecule has 28 heavy (non-hydrogen) atoms. The Labute approximate surface area is 155 Å². The minimum absolute atomic E-state index is 0.0175. The Morgan fingerprint density at radius 3 is 2.25 bits per heavy atom. The highest BCUT2D eigenvalue weighted by Crippen LogP contribution is 2.40. The number of nitro groups is 1. The molecule has 0 spiro atoms. The van der Waals surface area contributed by atoms with Gasteiger partial charge in [0.25, 0.3) is 0 Å². The van der Waals surface area contributed by atoms with Crippen molar-refractivity contribution in [2.24, 2.45) is 7.05 Å². The molecule has 0 saturated carbocycles. The number of phenols is 2. The van der Waals surface area contributed by atoms with Crippen LogP contribution in [-0.4, -0.2) is 19.7 Å². The van der Waals surface area contributed by atoms with Gasteiger partial charge in [0.15, 0.2) is 18.1 Å². The number of nitrogens with zero attached hydrogens (tertiary/aromatic N) is 3. The zero-order valence-electron chi connectivity index (χ0n) is 14.1. The number of halogens is 3. The molecule has 0 bridgehead atoms. The first kappa shape index (κ1) is 19.0. The van der Waals surface area contributed by atoms with Crippen LogP contribution in [0.2, 0.25) is 0 Å². The zero-order valence-corrected chi connectivity index (χ0v) is 14.1. The molecule has 0 aliphatic carbocycles. The second kappa shape index (κ2) is 6.44. The summed E-state index contributed by atoms with van der Waals surface area (Å²) in [7, 11) is 1.48. The van der Waals surface area contributed by atoms with Crippen LogP contribution in [0, 0.1) is 15.3 Å². The highest BCUT2D eigenvalue weighted by atomic mass is 19.4. The molecule has 146 valence electrons. The third kappa shape index (κ3) is 3.29. The standard InChI is InChI=1S/C17H12F3N3O5/c1-21-12(9-5-14(23(27)28)16(25)15(24)6-9)2-3-13(21)10-4-11(17(18,19)20)8-22(26)7-10/h2-8,24-25H,1H3. The number of rotatable bonds is 3. The van der Waals surface area contributed by atoms with E-state index >= 15 is 0 Å². The maximum Gasteiger partial charge on any atom is 0.422 e. The van der Waals surface area contributed by atoms with E-state index in [-0.39, 0.29) is 21.6 Å². The summed E-state index contributed by atoms with van der Waals surface area (Å²) in [4.78, 5) is 10.1. The lowest BCUT2D eigenvalue weighted by Crippen LogP contribution is -2.27. The Hall–Kier alpha value is -3.76. The van der Waals surface area contributed by atoms with E-state index < -0.39 is 33.8 Å². The lowest BCUT2D eigenvalue weighted by atomic mass is 10.1. The fourth-order valence-corrected chi connectivity index (χ4v) is 2.83. The summed E-state index contributed by atoms with van der Waals surface area (Å²) >= 11 is 0. The number of hydrogen-bond donors (Lipinski definition) is 2. The molecule has 0 fully saturated rings. The summed E-state index contributed by atoms with van der Waals surface area (Å²) in [6, 6.07) is 5.81. The van der Waals surface area contributed by atoms with Gasteiger partial charge >= 0.3 is 11.9 Å². The minimum atomic E-state index is -4.71. The molecule has 0 amide bonds. The summed E-state index contributed by atoms with van der Waals surface area (Å²) < 4.78 is 40.3. The van der Waals surface area contributed by atoms with Gasteiger partial charge in [-0.05, 0) is 24.3 Å². The van der Waals surface area contributed by atoms with Gasteiger partial charge in [-0.15, -0.1) is 0 Å². The van der Waals surface area contributed by atoms with Crippen molar-refractivity contribution in [2.45, 2.75) is 6.18 Å². The number of nitro benzene ring substituents is 1. The second-order valence-electron chi connectivity index (χ2n) is 5.95. The predicted octanol–water partition coefficient (Wildman–Crippen LogP) is 3.33. The monoisotopic (exact) mass is 395 g/mol. The number of phenolic OH excluding ortho intramolecular Hbond substituents is 2. The SMILES string of the molecule is Cn1c(-c2cc(O)c(O)c([N+](=O)[O-])c2)ccc1-c1cc(C(F)(F)F)c[n+]([O-])c1. The molecule has 2 heterocycles. The molecule has 0 radical (unpaired) electrons. The minimum Gasteiger partial charge on any atom is -0.619 e. The van der Waals surface area contributed by atoms with Crippen LogP contribution in [0.1, 0.15) is 5.56 Å². The number of alkyl halides is 3. The Balaban J connectivity index is 2.15. The molecule has 2 aromatic heterocycles. The number of hydrogen-bond acceptors (Lipinski definition) is 5. The Bertz CT molecular complexity index is 1090. The van der Waals surface area contributed by atoms with Crippen molar-refractivity contribution in [3.63, 3.8) is 0 Å². The lowest BCUT2D eigenvalue weighted by molar-refractivity contribution is -0.606. The molecule has 11 heteroatoms. The summed E-state index contributed by atoms with van der Waals surface area (Å²) in [6.45, 7) is 0. The topological polar surface area (TPSA) is 115 Å². The molecule has 1 aromatic carbocycles. The molecular formula is C17H12F3N3O5. The van der Waals surface area contributed by atoms with E-state index in [9.17, 15) is 38.7 Å². The number of aromatic hydroxyl groups is 2. The molecule has 2 N–H and O–H groups in total. The van der Waals surface area contributed by atoms with Crippen LogP contribution in [0.15, 0.2) is 42.7 Å². The van der Waals surface area contributed by atoms with Crippen molar-refractivity contribution >= 4 is 5.69 Å². The Morgan fingerprint density at radius 1 is 1.07 bits per heavy atom. The Morgan fingerprint density at radius 2 is 1.68 bits per heavy atom. The molecule has 3 rings (SSSR count). The summed E-state index contributed by atoms with van der Waals surface area (Å²) in [5.41, 5.74) is -1.17. The maximum atomic E-state index is 13.0. The van der Waals surface area contributed by atoms with Gasteiger partial charge < -0.3 is 20.0 Å². The largest absolute Gasteiger partial charge is 0.619 e. The number of aromatic nitrogens is 2. The molecular weight excluding hydrogens is 383 g/mol. The van der Waals surface area contributed by atoms with Crippen LogP contribution in [0.3, 0.4) is 0 Å². The first-order valence-electron chi connectivity index (χ1n) is 7.67.